The topological polar surface area (TPSA) is 65.1 Å². The Bertz CT molecular complexity index is 542. The van der Waals surface area contributed by atoms with Gasteiger partial charge >= 0.3 is 6.09 Å². The molecule has 7 heteroatoms. The predicted octanol–water partition coefficient (Wildman–Crippen LogP) is 2.06. The third-order valence-electron chi connectivity index (χ3n) is 6.97. The number of ether oxygens (including phenoxy) is 1. The molecule has 1 aliphatic carbocycles. The molecule has 1 N–H and O–H groups in total. The van der Waals surface area contributed by atoms with Crippen LogP contribution in [-0.4, -0.2) is 91.2 Å². The standard InChI is InChI=1S/C21H38N4O3/c1-17(22-2)19(26)24-14-10-21(11-15-24)16-25(20(27)28-21)13-7-12-23(3)18-8-5-4-6-9-18/h17-18,22H,4-16H2,1-3H3. The Morgan fingerprint density at radius 1 is 1.29 bits per heavy atom. The first-order valence-electron chi connectivity index (χ1n) is 11.1. The second kappa shape index (κ2) is 9.44. The van der Waals surface area contributed by atoms with Crippen molar-refractivity contribution in [1.29, 1.82) is 0 Å². The van der Waals surface area contributed by atoms with Crippen LogP contribution in [0.4, 0.5) is 4.79 Å². The summed E-state index contributed by atoms with van der Waals surface area (Å²) >= 11 is 0. The molecular formula is C21H38N4O3. The summed E-state index contributed by atoms with van der Waals surface area (Å²) in [6.07, 6.45) is 8.98. The molecule has 3 rings (SSSR count). The first kappa shape index (κ1) is 21.4. The summed E-state index contributed by atoms with van der Waals surface area (Å²) in [7, 11) is 4.02. The van der Waals surface area contributed by atoms with Gasteiger partial charge in [0, 0.05) is 38.5 Å². The van der Waals surface area contributed by atoms with Gasteiger partial charge in [0.2, 0.25) is 5.91 Å². The molecule has 3 fully saturated rings. The van der Waals surface area contributed by atoms with Gasteiger partial charge in [-0.15, -0.1) is 0 Å². The first-order chi connectivity index (χ1) is 13.4. The zero-order valence-electron chi connectivity index (χ0n) is 17.9. The Labute approximate surface area is 169 Å². The summed E-state index contributed by atoms with van der Waals surface area (Å²) in [5.74, 6) is 0.129. The average Bonchev–Trinajstić information content (AvgIpc) is 3.02. The maximum Gasteiger partial charge on any atom is 0.410 e. The van der Waals surface area contributed by atoms with Crippen LogP contribution in [0, 0.1) is 0 Å². The molecule has 2 aliphatic heterocycles. The molecule has 1 atom stereocenters. The van der Waals surface area contributed by atoms with E-state index in [1.165, 1.54) is 32.1 Å². The molecule has 0 aromatic heterocycles. The van der Waals surface area contributed by atoms with Gasteiger partial charge in [-0.05, 0) is 46.8 Å². The molecule has 1 unspecified atom stereocenters. The molecular weight excluding hydrogens is 356 g/mol. The minimum Gasteiger partial charge on any atom is -0.441 e. The first-order valence-corrected chi connectivity index (χ1v) is 11.1. The number of hydrogen-bond acceptors (Lipinski definition) is 5. The summed E-state index contributed by atoms with van der Waals surface area (Å²) < 4.78 is 5.81. The number of piperidine rings is 1. The lowest BCUT2D eigenvalue weighted by Gasteiger charge is -2.38. The zero-order valence-corrected chi connectivity index (χ0v) is 17.9. The SMILES string of the molecule is CNC(C)C(=O)N1CCC2(CC1)CN(CCCN(C)C1CCCCC1)C(=O)O2. The summed E-state index contributed by atoms with van der Waals surface area (Å²) in [5.41, 5.74) is -0.397. The predicted molar refractivity (Wildman–Crippen MR) is 109 cm³/mol. The number of hydrogen-bond donors (Lipinski definition) is 1. The number of carbonyl (C=O) groups is 2. The highest BCUT2D eigenvalue weighted by Gasteiger charge is 2.47. The van der Waals surface area contributed by atoms with E-state index in [1.54, 1.807) is 7.05 Å². The van der Waals surface area contributed by atoms with Gasteiger partial charge in [0.1, 0.15) is 5.60 Å². The van der Waals surface area contributed by atoms with Gasteiger partial charge in [-0.2, -0.15) is 0 Å². The molecule has 2 amide bonds. The molecule has 1 saturated carbocycles. The lowest BCUT2D eigenvalue weighted by molar-refractivity contribution is -0.136. The van der Waals surface area contributed by atoms with E-state index in [2.05, 4.69) is 17.3 Å². The van der Waals surface area contributed by atoms with Gasteiger partial charge in [-0.3, -0.25) is 4.79 Å². The van der Waals surface area contributed by atoms with Crippen LogP contribution in [0.5, 0.6) is 0 Å². The van der Waals surface area contributed by atoms with Gasteiger partial charge < -0.3 is 24.8 Å². The molecule has 1 spiro atoms. The second-order valence-electron chi connectivity index (χ2n) is 8.93. The van der Waals surface area contributed by atoms with Crippen molar-refractivity contribution in [2.24, 2.45) is 0 Å². The fourth-order valence-electron chi connectivity index (χ4n) is 4.87. The molecule has 3 aliphatic rings. The van der Waals surface area contributed by atoms with Crippen molar-refractivity contribution >= 4 is 12.0 Å². The number of nitrogens with one attached hydrogen (secondary N) is 1. The Hall–Kier alpha value is -1.34. The number of rotatable bonds is 7. The molecule has 0 bridgehead atoms. The summed E-state index contributed by atoms with van der Waals surface area (Å²) in [5, 5.41) is 3.00. The van der Waals surface area contributed by atoms with Crippen LogP contribution in [0.2, 0.25) is 0 Å². The fraction of sp³-hybridized carbons (Fsp3) is 0.905. The van der Waals surface area contributed by atoms with Gasteiger partial charge in [0.05, 0.1) is 12.6 Å². The smallest absolute Gasteiger partial charge is 0.410 e. The van der Waals surface area contributed by atoms with E-state index in [4.69, 9.17) is 4.74 Å². The Balaban J connectivity index is 1.42. The lowest BCUT2D eigenvalue weighted by atomic mass is 9.91. The van der Waals surface area contributed by atoms with Crippen molar-refractivity contribution in [3.63, 3.8) is 0 Å². The van der Waals surface area contributed by atoms with Crippen LogP contribution in [0.1, 0.15) is 58.3 Å². The molecule has 0 aromatic rings. The molecule has 0 radical (unpaired) electrons. The summed E-state index contributed by atoms with van der Waals surface area (Å²) in [6, 6.07) is 0.547. The minimum atomic E-state index is -0.397. The zero-order chi connectivity index (χ0) is 20.1. The number of likely N-dealkylation sites (N-methyl/N-ethyl adjacent to an activating group) is 1. The molecule has 160 valence electrons. The van der Waals surface area contributed by atoms with Gasteiger partial charge in [0.15, 0.2) is 0 Å². The number of carbonyl (C=O) groups excluding carboxylic acids is 2. The van der Waals surface area contributed by atoms with E-state index in [-0.39, 0.29) is 18.0 Å². The second-order valence-corrected chi connectivity index (χ2v) is 8.93. The molecule has 28 heavy (non-hydrogen) atoms. The van der Waals surface area contributed by atoms with Gasteiger partial charge in [-0.1, -0.05) is 19.3 Å². The van der Waals surface area contributed by atoms with Crippen molar-refractivity contribution in [3.8, 4) is 0 Å². The number of nitrogens with zero attached hydrogens (tertiary/aromatic N) is 3. The van der Waals surface area contributed by atoms with E-state index in [1.807, 2.05) is 16.7 Å². The van der Waals surface area contributed by atoms with E-state index in [0.29, 0.717) is 25.7 Å². The summed E-state index contributed by atoms with van der Waals surface area (Å²) in [4.78, 5) is 31.0. The Kier molecular flexibility index (Phi) is 7.20. The van der Waals surface area contributed by atoms with Crippen molar-refractivity contribution < 1.29 is 14.3 Å². The quantitative estimate of drug-likeness (QED) is 0.716. The third kappa shape index (κ3) is 4.98. The monoisotopic (exact) mass is 394 g/mol. The normalized spacial score (nSPS) is 24.1. The summed E-state index contributed by atoms with van der Waals surface area (Å²) in [6.45, 7) is 5.67. The molecule has 0 aromatic carbocycles. The minimum absolute atomic E-state index is 0.129. The van der Waals surface area contributed by atoms with Crippen molar-refractivity contribution in [1.82, 2.24) is 20.0 Å². The van der Waals surface area contributed by atoms with Crippen molar-refractivity contribution in [2.45, 2.75) is 76.0 Å². The largest absolute Gasteiger partial charge is 0.441 e. The van der Waals surface area contributed by atoms with Crippen LogP contribution < -0.4 is 5.32 Å². The number of likely N-dealkylation sites (tertiary alicyclic amines) is 1. The van der Waals surface area contributed by atoms with Crippen LogP contribution >= 0.6 is 0 Å². The maximum atomic E-state index is 12.4. The molecule has 2 heterocycles. The molecule has 2 saturated heterocycles. The highest BCUT2D eigenvalue weighted by molar-refractivity contribution is 5.81. The van der Waals surface area contributed by atoms with Gasteiger partial charge in [0.25, 0.3) is 0 Å². The highest BCUT2D eigenvalue weighted by atomic mass is 16.6. The average molecular weight is 395 g/mol. The third-order valence-corrected chi connectivity index (χ3v) is 6.97. The maximum absolute atomic E-state index is 12.4. The highest BCUT2D eigenvalue weighted by Crippen LogP contribution is 2.33. The Morgan fingerprint density at radius 2 is 1.96 bits per heavy atom. The van der Waals surface area contributed by atoms with E-state index in [0.717, 1.165) is 32.4 Å². The lowest BCUT2D eigenvalue weighted by Crippen LogP contribution is -2.52. The number of amides is 2. The van der Waals surface area contributed by atoms with Crippen LogP contribution in [0.3, 0.4) is 0 Å². The van der Waals surface area contributed by atoms with Crippen LogP contribution in [0.25, 0.3) is 0 Å². The van der Waals surface area contributed by atoms with Crippen LogP contribution in [-0.2, 0) is 9.53 Å². The van der Waals surface area contributed by atoms with E-state index >= 15 is 0 Å². The Morgan fingerprint density at radius 3 is 2.61 bits per heavy atom. The molecule has 7 nitrogen and oxygen atoms in total. The van der Waals surface area contributed by atoms with Crippen LogP contribution in [0.15, 0.2) is 0 Å². The van der Waals surface area contributed by atoms with Crippen molar-refractivity contribution in [3.05, 3.63) is 0 Å². The van der Waals surface area contributed by atoms with Gasteiger partial charge in [-0.25, -0.2) is 4.79 Å². The van der Waals surface area contributed by atoms with Crippen molar-refractivity contribution in [2.75, 3.05) is 46.8 Å². The fourth-order valence-corrected chi connectivity index (χ4v) is 4.87. The van der Waals surface area contributed by atoms with E-state index in [9.17, 15) is 9.59 Å². The van der Waals surface area contributed by atoms with E-state index < -0.39 is 5.60 Å².